The molecule has 0 unspecified atom stereocenters. The molecule has 0 bridgehead atoms. The van der Waals surface area contributed by atoms with Crippen molar-refractivity contribution in [3.05, 3.63) is 35.4 Å². The van der Waals surface area contributed by atoms with Gasteiger partial charge in [-0.3, -0.25) is 0 Å². The summed E-state index contributed by atoms with van der Waals surface area (Å²) in [5.74, 6) is 0.177. The lowest BCUT2D eigenvalue weighted by Gasteiger charge is -2.04. The van der Waals surface area contributed by atoms with Gasteiger partial charge in [-0.2, -0.15) is 5.26 Å². The van der Waals surface area contributed by atoms with Crippen LogP contribution in [0.2, 0.25) is 0 Å². The number of methoxy groups -OCH3 is 1. The number of ether oxygens (including phenoxy) is 2. The third-order valence-electron chi connectivity index (χ3n) is 2.50. The number of esters is 1. The van der Waals surface area contributed by atoms with Crippen LogP contribution in [0.15, 0.2) is 24.3 Å². The highest BCUT2D eigenvalue weighted by atomic mass is 16.5. The minimum atomic E-state index is -0.375. The van der Waals surface area contributed by atoms with Gasteiger partial charge in [-0.1, -0.05) is 13.3 Å². The molecular weight excluding hydrogens is 242 g/mol. The van der Waals surface area contributed by atoms with Crippen LogP contribution in [0.5, 0.6) is 5.75 Å². The molecule has 0 heterocycles. The van der Waals surface area contributed by atoms with Gasteiger partial charge in [0.1, 0.15) is 5.75 Å². The van der Waals surface area contributed by atoms with Crippen molar-refractivity contribution in [3.8, 4) is 11.8 Å². The Hall–Kier alpha value is -2.28. The zero-order valence-electron chi connectivity index (χ0n) is 11.2. The fourth-order valence-corrected chi connectivity index (χ4v) is 1.44. The Morgan fingerprint density at radius 2 is 2.26 bits per heavy atom. The average Bonchev–Trinajstić information content (AvgIpc) is 2.45. The van der Waals surface area contributed by atoms with Gasteiger partial charge in [0, 0.05) is 11.6 Å². The van der Waals surface area contributed by atoms with Crippen LogP contribution in [0.3, 0.4) is 0 Å². The molecule has 19 heavy (non-hydrogen) atoms. The van der Waals surface area contributed by atoms with Crippen LogP contribution in [0.25, 0.3) is 6.08 Å². The maximum atomic E-state index is 11.4. The summed E-state index contributed by atoms with van der Waals surface area (Å²) in [7, 11) is 1.52. The second-order valence-corrected chi connectivity index (χ2v) is 3.92. The van der Waals surface area contributed by atoms with E-state index in [2.05, 4.69) is 0 Å². The average molecular weight is 259 g/mol. The van der Waals surface area contributed by atoms with Crippen molar-refractivity contribution in [3.63, 3.8) is 0 Å². The number of hydrogen-bond donors (Lipinski definition) is 0. The van der Waals surface area contributed by atoms with E-state index in [0.717, 1.165) is 18.4 Å². The molecule has 0 aliphatic carbocycles. The number of hydrogen-bond acceptors (Lipinski definition) is 4. The van der Waals surface area contributed by atoms with Crippen molar-refractivity contribution < 1.29 is 14.3 Å². The second-order valence-electron chi connectivity index (χ2n) is 3.92. The molecule has 0 amide bonds. The third kappa shape index (κ3) is 4.84. The molecule has 1 rings (SSSR count). The topological polar surface area (TPSA) is 59.3 Å². The lowest BCUT2D eigenvalue weighted by atomic mass is 10.1. The van der Waals surface area contributed by atoms with E-state index in [0.29, 0.717) is 17.9 Å². The first-order chi connectivity index (χ1) is 9.21. The van der Waals surface area contributed by atoms with E-state index in [4.69, 9.17) is 14.7 Å². The van der Waals surface area contributed by atoms with E-state index in [9.17, 15) is 4.79 Å². The van der Waals surface area contributed by atoms with Crippen molar-refractivity contribution in [2.75, 3.05) is 13.7 Å². The van der Waals surface area contributed by atoms with Crippen molar-refractivity contribution >= 4 is 12.0 Å². The smallest absolute Gasteiger partial charge is 0.330 e. The quantitative estimate of drug-likeness (QED) is 0.447. The number of unbranched alkanes of at least 4 members (excludes halogenated alkanes) is 1. The van der Waals surface area contributed by atoms with Crippen LogP contribution in [0.1, 0.15) is 30.9 Å². The minimum Gasteiger partial charge on any atom is -0.496 e. The van der Waals surface area contributed by atoms with Crippen LogP contribution in [0.4, 0.5) is 0 Å². The SMILES string of the molecule is CCCCOC(=O)C=Cc1ccc(C#N)cc1OC. The molecule has 0 aromatic heterocycles. The molecular formula is C15H17NO3. The van der Waals surface area contributed by atoms with Crippen molar-refractivity contribution in [1.29, 1.82) is 5.26 Å². The Kier molecular flexibility index (Phi) is 6.17. The van der Waals surface area contributed by atoms with E-state index >= 15 is 0 Å². The fraction of sp³-hybridized carbons (Fsp3) is 0.333. The summed E-state index contributed by atoms with van der Waals surface area (Å²) in [5.41, 5.74) is 1.24. The highest BCUT2D eigenvalue weighted by molar-refractivity contribution is 5.87. The Bertz CT molecular complexity index is 501. The van der Waals surface area contributed by atoms with Gasteiger partial charge in [0.25, 0.3) is 0 Å². The summed E-state index contributed by atoms with van der Waals surface area (Å²) in [6.45, 7) is 2.47. The van der Waals surface area contributed by atoms with Crippen LogP contribution in [-0.2, 0) is 9.53 Å². The number of rotatable bonds is 6. The normalized spacial score (nSPS) is 10.2. The van der Waals surface area contributed by atoms with Crippen LogP contribution in [-0.4, -0.2) is 19.7 Å². The van der Waals surface area contributed by atoms with Crippen LogP contribution in [0, 0.1) is 11.3 Å². The van der Waals surface area contributed by atoms with E-state index < -0.39 is 0 Å². The van der Waals surface area contributed by atoms with E-state index in [1.165, 1.54) is 13.2 Å². The van der Waals surface area contributed by atoms with Gasteiger partial charge >= 0.3 is 5.97 Å². The van der Waals surface area contributed by atoms with Crippen molar-refractivity contribution in [2.45, 2.75) is 19.8 Å². The van der Waals surface area contributed by atoms with Gasteiger partial charge in [-0.25, -0.2) is 4.79 Å². The summed E-state index contributed by atoms with van der Waals surface area (Å²) in [4.78, 5) is 11.4. The molecule has 0 radical (unpaired) electrons. The van der Waals surface area contributed by atoms with Gasteiger partial charge in [0.05, 0.1) is 25.3 Å². The largest absolute Gasteiger partial charge is 0.496 e. The number of nitrogens with zero attached hydrogens (tertiary/aromatic N) is 1. The lowest BCUT2D eigenvalue weighted by Crippen LogP contribution is -2.01. The molecule has 0 saturated heterocycles. The number of carbonyl (C=O) groups excluding carboxylic acids is 1. The molecule has 0 aliphatic rings. The van der Waals surface area contributed by atoms with E-state index in [-0.39, 0.29) is 5.97 Å². The van der Waals surface area contributed by atoms with E-state index in [1.54, 1.807) is 24.3 Å². The number of nitriles is 1. The third-order valence-corrected chi connectivity index (χ3v) is 2.50. The van der Waals surface area contributed by atoms with Gasteiger partial charge in [-0.15, -0.1) is 0 Å². The van der Waals surface area contributed by atoms with E-state index in [1.807, 2.05) is 13.0 Å². The molecule has 4 nitrogen and oxygen atoms in total. The Morgan fingerprint density at radius 3 is 2.89 bits per heavy atom. The highest BCUT2D eigenvalue weighted by Crippen LogP contribution is 2.21. The van der Waals surface area contributed by atoms with Crippen molar-refractivity contribution in [2.24, 2.45) is 0 Å². The summed E-state index contributed by atoms with van der Waals surface area (Å²) in [6, 6.07) is 7.06. The van der Waals surface area contributed by atoms with Gasteiger partial charge in [0.2, 0.25) is 0 Å². The Balaban J connectivity index is 2.71. The first-order valence-electron chi connectivity index (χ1n) is 6.14. The summed E-state index contributed by atoms with van der Waals surface area (Å²) in [5, 5.41) is 8.79. The molecule has 1 aromatic rings. The molecule has 0 saturated carbocycles. The standard InChI is InChI=1S/C15H17NO3/c1-3-4-9-19-15(17)8-7-13-6-5-12(11-16)10-14(13)18-2/h5-8,10H,3-4,9H2,1-2H3. The van der Waals surface area contributed by atoms with Gasteiger partial charge < -0.3 is 9.47 Å². The molecule has 0 aliphatic heterocycles. The fourth-order valence-electron chi connectivity index (χ4n) is 1.44. The molecule has 0 N–H and O–H groups in total. The number of carbonyl (C=O) groups is 1. The Morgan fingerprint density at radius 1 is 1.47 bits per heavy atom. The summed E-state index contributed by atoms with van der Waals surface area (Å²) in [6.07, 6.45) is 4.83. The molecule has 100 valence electrons. The van der Waals surface area contributed by atoms with Crippen molar-refractivity contribution in [1.82, 2.24) is 0 Å². The molecule has 0 fully saturated rings. The maximum Gasteiger partial charge on any atom is 0.330 e. The summed E-state index contributed by atoms with van der Waals surface area (Å²) >= 11 is 0. The second kappa shape index (κ2) is 7.93. The molecule has 4 heteroatoms. The van der Waals surface area contributed by atoms with Gasteiger partial charge in [-0.05, 0) is 30.7 Å². The predicted molar refractivity (Wildman–Crippen MR) is 72.6 cm³/mol. The monoisotopic (exact) mass is 259 g/mol. The molecule has 1 aromatic carbocycles. The first kappa shape index (κ1) is 14.8. The van der Waals surface area contributed by atoms with Crippen LogP contribution >= 0.6 is 0 Å². The maximum absolute atomic E-state index is 11.4. The molecule has 0 spiro atoms. The lowest BCUT2D eigenvalue weighted by molar-refractivity contribution is -0.137. The highest BCUT2D eigenvalue weighted by Gasteiger charge is 2.03. The Labute approximate surface area is 113 Å². The zero-order valence-corrected chi connectivity index (χ0v) is 11.2. The van der Waals surface area contributed by atoms with Gasteiger partial charge in [0.15, 0.2) is 0 Å². The zero-order chi connectivity index (χ0) is 14.1. The van der Waals surface area contributed by atoms with Crippen LogP contribution < -0.4 is 4.74 Å². The first-order valence-corrected chi connectivity index (χ1v) is 6.14. The minimum absolute atomic E-state index is 0.375. The predicted octanol–water partition coefficient (Wildman–Crippen LogP) is 2.92. The summed E-state index contributed by atoms with van der Waals surface area (Å²) < 4.78 is 10.2. The molecule has 0 atom stereocenters. The number of benzene rings is 1.